The van der Waals surface area contributed by atoms with Gasteiger partial charge in [0.15, 0.2) is 5.41 Å². The molecule has 1 aliphatic rings. The molecule has 0 aromatic heterocycles. The van der Waals surface area contributed by atoms with Crippen LogP contribution in [0.3, 0.4) is 0 Å². The van der Waals surface area contributed by atoms with E-state index in [9.17, 15) is 23.6 Å². The summed E-state index contributed by atoms with van der Waals surface area (Å²) in [6, 6.07) is 10.1. The van der Waals surface area contributed by atoms with E-state index in [0.717, 1.165) is 17.0 Å². The molecule has 0 fully saturated rings. The van der Waals surface area contributed by atoms with Crippen LogP contribution >= 0.6 is 15.9 Å². The summed E-state index contributed by atoms with van der Waals surface area (Å²) < 4.78 is 19.8. The van der Waals surface area contributed by atoms with Crippen LogP contribution in [0.15, 0.2) is 46.9 Å². The number of rotatable bonds is 5. The maximum Gasteiger partial charge on any atom is 0.326 e. The van der Waals surface area contributed by atoms with Crippen molar-refractivity contribution in [2.24, 2.45) is 5.84 Å². The first-order valence-electron chi connectivity index (χ1n) is 9.13. The molecule has 0 spiro atoms. The molecule has 2 aromatic carbocycles. The van der Waals surface area contributed by atoms with Gasteiger partial charge in [-0.25, -0.2) is 10.2 Å². The second kappa shape index (κ2) is 8.56. The van der Waals surface area contributed by atoms with E-state index in [0.29, 0.717) is 4.47 Å². The number of hydrazine groups is 1. The molecular formula is C21H19BrFN3O5. The Morgan fingerprint density at radius 3 is 2.52 bits per heavy atom. The predicted octanol–water partition coefficient (Wildman–Crippen LogP) is 1.90. The zero-order valence-corrected chi connectivity index (χ0v) is 18.3. The van der Waals surface area contributed by atoms with Crippen LogP contribution in [0.4, 0.5) is 4.39 Å². The molecule has 31 heavy (non-hydrogen) atoms. The van der Waals surface area contributed by atoms with E-state index in [-0.39, 0.29) is 16.7 Å². The van der Waals surface area contributed by atoms with Gasteiger partial charge in [-0.15, -0.1) is 0 Å². The fraction of sp³-hybridized carbons (Fsp3) is 0.238. The first-order valence-corrected chi connectivity index (χ1v) is 9.92. The summed E-state index contributed by atoms with van der Waals surface area (Å²) in [5.41, 5.74) is -2.00. The maximum atomic E-state index is 14.4. The number of nitrogens with two attached hydrogens (primary N) is 1. The van der Waals surface area contributed by atoms with E-state index in [1.807, 2.05) is 0 Å². The summed E-state index contributed by atoms with van der Waals surface area (Å²) in [4.78, 5) is 53.0. The van der Waals surface area contributed by atoms with Gasteiger partial charge in [0.05, 0.1) is 20.1 Å². The number of amides is 3. The highest BCUT2D eigenvalue weighted by Gasteiger charge is 2.58. The largest absolute Gasteiger partial charge is 0.468 e. The minimum absolute atomic E-state index is 0.0393. The first kappa shape index (κ1) is 22.6. The normalized spacial score (nSPS) is 17.9. The lowest BCUT2D eigenvalue weighted by Gasteiger charge is -2.39. The van der Waals surface area contributed by atoms with Gasteiger partial charge in [-0.3, -0.25) is 29.1 Å². The first-order chi connectivity index (χ1) is 14.6. The fourth-order valence-corrected chi connectivity index (χ4v) is 3.89. The lowest BCUT2D eigenvalue weighted by atomic mass is 9.71. The number of ether oxygens (including phenoxy) is 1. The smallest absolute Gasteiger partial charge is 0.326 e. The number of carbonyl (C=O) groups is 4. The van der Waals surface area contributed by atoms with Crippen LogP contribution < -0.4 is 5.84 Å². The number of carbonyl (C=O) groups excluding carboxylic acids is 4. The molecule has 1 unspecified atom stereocenters. The summed E-state index contributed by atoms with van der Waals surface area (Å²) in [6.45, 7) is -0.434. The number of fused-ring (bicyclic) bond motifs is 1. The van der Waals surface area contributed by atoms with Gasteiger partial charge in [0.2, 0.25) is 5.91 Å². The predicted molar refractivity (Wildman–Crippen MR) is 111 cm³/mol. The van der Waals surface area contributed by atoms with E-state index in [4.69, 9.17) is 10.6 Å². The van der Waals surface area contributed by atoms with Gasteiger partial charge >= 0.3 is 5.97 Å². The molecular weight excluding hydrogens is 473 g/mol. The molecule has 0 bridgehead atoms. The molecule has 2 aromatic rings. The van der Waals surface area contributed by atoms with Crippen LogP contribution in [0, 0.1) is 5.82 Å². The third-order valence-electron chi connectivity index (χ3n) is 5.16. The number of esters is 1. The number of methoxy groups -OCH3 is 1. The number of imide groups is 1. The van der Waals surface area contributed by atoms with Gasteiger partial charge < -0.3 is 4.74 Å². The molecule has 10 heteroatoms. The Morgan fingerprint density at radius 2 is 1.90 bits per heavy atom. The Bertz CT molecular complexity index is 1090. The number of hydrogen-bond acceptors (Lipinski definition) is 6. The third-order valence-corrected chi connectivity index (χ3v) is 5.65. The Kier molecular flexibility index (Phi) is 6.23. The van der Waals surface area contributed by atoms with Crippen molar-refractivity contribution in [1.82, 2.24) is 9.91 Å². The van der Waals surface area contributed by atoms with Gasteiger partial charge in [-0.2, -0.15) is 0 Å². The maximum absolute atomic E-state index is 14.4. The van der Waals surface area contributed by atoms with E-state index in [1.54, 1.807) is 12.1 Å². The van der Waals surface area contributed by atoms with Crippen LogP contribution in [0.25, 0.3) is 0 Å². The quantitative estimate of drug-likeness (QED) is 0.171. The molecule has 1 aliphatic heterocycles. The number of hydrogen-bond donors (Lipinski definition) is 1. The van der Waals surface area contributed by atoms with Crippen molar-refractivity contribution in [3.05, 3.63) is 69.4 Å². The van der Waals surface area contributed by atoms with Crippen molar-refractivity contribution in [3.8, 4) is 0 Å². The van der Waals surface area contributed by atoms with Gasteiger partial charge in [0, 0.05) is 22.6 Å². The molecule has 8 nitrogen and oxygen atoms in total. The highest BCUT2D eigenvalue weighted by molar-refractivity contribution is 9.10. The number of benzene rings is 2. The Morgan fingerprint density at radius 1 is 1.23 bits per heavy atom. The number of halogens is 2. The standard InChI is InChI=1S/C21H19BrFN3O5/c1-25(24)17(27)10-21(20(30)31-2)15-6-4-3-5-14(15)18(28)26(19(21)29)11-12-7-8-13(22)9-16(12)23/h3-9H,10-11,24H2,1-2H3. The van der Waals surface area contributed by atoms with Gasteiger partial charge in [-0.1, -0.05) is 40.2 Å². The van der Waals surface area contributed by atoms with Crippen LogP contribution in [0.5, 0.6) is 0 Å². The summed E-state index contributed by atoms with van der Waals surface area (Å²) >= 11 is 3.15. The van der Waals surface area contributed by atoms with Crippen molar-refractivity contribution in [1.29, 1.82) is 0 Å². The third kappa shape index (κ3) is 3.84. The van der Waals surface area contributed by atoms with Crippen LogP contribution in [0.2, 0.25) is 0 Å². The van der Waals surface area contributed by atoms with E-state index in [1.165, 1.54) is 37.4 Å². The zero-order chi connectivity index (χ0) is 22.9. The fourth-order valence-electron chi connectivity index (χ4n) is 3.55. The Hall–Kier alpha value is -3.11. The molecule has 1 heterocycles. The minimum Gasteiger partial charge on any atom is -0.468 e. The molecule has 2 N–H and O–H groups in total. The number of nitrogens with zero attached hydrogens (tertiary/aromatic N) is 2. The SMILES string of the molecule is COC(=O)C1(CC(=O)N(C)N)C(=O)N(Cc2ccc(Br)cc2F)C(=O)c2ccccc21. The molecule has 0 radical (unpaired) electrons. The van der Waals surface area contributed by atoms with Gasteiger partial charge in [0.25, 0.3) is 11.8 Å². The highest BCUT2D eigenvalue weighted by atomic mass is 79.9. The lowest BCUT2D eigenvalue weighted by Crippen LogP contribution is -2.60. The van der Waals surface area contributed by atoms with E-state index < -0.39 is 47.9 Å². The second-order valence-electron chi connectivity index (χ2n) is 7.06. The minimum atomic E-state index is -2.14. The summed E-state index contributed by atoms with van der Waals surface area (Å²) in [5, 5.41) is 0.746. The zero-order valence-electron chi connectivity index (χ0n) is 16.7. The molecule has 0 saturated heterocycles. The van der Waals surface area contributed by atoms with Crippen molar-refractivity contribution in [3.63, 3.8) is 0 Å². The molecule has 1 atom stereocenters. The monoisotopic (exact) mass is 491 g/mol. The molecule has 0 aliphatic carbocycles. The van der Waals surface area contributed by atoms with Crippen LogP contribution in [-0.4, -0.2) is 47.8 Å². The Labute approximate surface area is 185 Å². The van der Waals surface area contributed by atoms with Gasteiger partial charge in [-0.05, 0) is 23.8 Å². The highest BCUT2D eigenvalue weighted by Crippen LogP contribution is 2.40. The topological polar surface area (TPSA) is 110 Å². The van der Waals surface area contributed by atoms with Crippen molar-refractivity contribution < 1.29 is 28.3 Å². The summed E-state index contributed by atoms with van der Waals surface area (Å²) in [5.74, 6) is 1.44. The van der Waals surface area contributed by atoms with Crippen molar-refractivity contribution >= 4 is 39.6 Å². The average molecular weight is 492 g/mol. The Balaban J connectivity index is 2.20. The van der Waals surface area contributed by atoms with Crippen molar-refractivity contribution in [2.75, 3.05) is 14.2 Å². The molecule has 3 rings (SSSR count). The van der Waals surface area contributed by atoms with Crippen LogP contribution in [0.1, 0.15) is 27.9 Å². The van der Waals surface area contributed by atoms with E-state index in [2.05, 4.69) is 15.9 Å². The second-order valence-corrected chi connectivity index (χ2v) is 7.97. The average Bonchev–Trinajstić information content (AvgIpc) is 2.74. The van der Waals surface area contributed by atoms with Crippen LogP contribution in [-0.2, 0) is 31.1 Å². The molecule has 0 saturated carbocycles. The molecule has 162 valence electrons. The van der Waals surface area contributed by atoms with E-state index >= 15 is 0 Å². The summed E-state index contributed by atoms with van der Waals surface area (Å²) in [7, 11) is 2.35. The summed E-state index contributed by atoms with van der Waals surface area (Å²) in [6.07, 6.45) is -0.658. The van der Waals surface area contributed by atoms with Crippen molar-refractivity contribution in [2.45, 2.75) is 18.4 Å². The molecule has 3 amide bonds. The lowest BCUT2D eigenvalue weighted by molar-refractivity contribution is -0.159. The van der Waals surface area contributed by atoms with Gasteiger partial charge in [0.1, 0.15) is 5.82 Å².